The number of carboxylic acids is 1. The van der Waals surface area contributed by atoms with Gasteiger partial charge in [-0.05, 0) is 32.6 Å². The molecule has 2 N–H and O–H groups in total. The van der Waals surface area contributed by atoms with Crippen LogP contribution in [0.15, 0.2) is 0 Å². The van der Waals surface area contributed by atoms with Crippen LogP contribution in [0.1, 0.15) is 39.0 Å². The van der Waals surface area contributed by atoms with Crippen molar-refractivity contribution in [3.05, 3.63) is 0 Å². The molecule has 0 radical (unpaired) electrons. The SMILES string of the molecule is CC(NC(=O)C1CCCC(C(=O)O)C1)C1CCOC1. The number of ether oxygens (including phenoxy) is 1. The molecule has 0 aromatic heterocycles. The van der Waals surface area contributed by atoms with Crippen LogP contribution in [0.2, 0.25) is 0 Å². The first-order chi connectivity index (χ1) is 9.08. The summed E-state index contributed by atoms with van der Waals surface area (Å²) in [6.07, 6.45) is 3.81. The predicted octanol–water partition coefficient (Wildman–Crippen LogP) is 1.42. The molecule has 19 heavy (non-hydrogen) atoms. The lowest BCUT2D eigenvalue weighted by molar-refractivity contribution is -0.144. The van der Waals surface area contributed by atoms with Gasteiger partial charge in [-0.25, -0.2) is 0 Å². The van der Waals surface area contributed by atoms with Gasteiger partial charge >= 0.3 is 5.97 Å². The van der Waals surface area contributed by atoms with Crippen molar-refractivity contribution in [1.29, 1.82) is 0 Å². The second kappa shape index (κ2) is 6.37. The topological polar surface area (TPSA) is 75.6 Å². The Morgan fingerprint density at radius 1 is 1.26 bits per heavy atom. The highest BCUT2D eigenvalue weighted by Gasteiger charge is 2.32. The zero-order valence-electron chi connectivity index (χ0n) is 11.4. The van der Waals surface area contributed by atoms with Gasteiger partial charge < -0.3 is 15.2 Å². The summed E-state index contributed by atoms with van der Waals surface area (Å²) in [5.41, 5.74) is 0. The number of nitrogens with one attached hydrogen (secondary N) is 1. The van der Waals surface area contributed by atoms with Gasteiger partial charge in [-0.1, -0.05) is 6.42 Å². The van der Waals surface area contributed by atoms with E-state index >= 15 is 0 Å². The monoisotopic (exact) mass is 269 g/mol. The third-order valence-corrected chi connectivity index (χ3v) is 4.44. The van der Waals surface area contributed by atoms with Crippen LogP contribution in [0.25, 0.3) is 0 Å². The van der Waals surface area contributed by atoms with Gasteiger partial charge in [0.1, 0.15) is 0 Å². The van der Waals surface area contributed by atoms with Crippen LogP contribution in [0.5, 0.6) is 0 Å². The number of carbonyl (C=O) groups is 2. The van der Waals surface area contributed by atoms with Gasteiger partial charge in [-0.15, -0.1) is 0 Å². The van der Waals surface area contributed by atoms with E-state index in [-0.39, 0.29) is 23.8 Å². The molecule has 5 heteroatoms. The molecular weight excluding hydrogens is 246 g/mol. The maximum atomic E-state index is 12.2. The van der Waals surface area contributed by atoms with Gasteiger partial charge in [-0.3, -0.25) is 9.59 Å². The Morgan fingerprint density at radius 2 is 2.00 bits per heavy atom. The summed E-state index contributed by atoms with van der Waals surface area (Å²) in [6.45, 7) is 3.49. The van der Waals surface area contributed by atoms with Crippen molar-refractivity contribution < 1.29 is 19.4 Å². The third kappa shape index (κ3) is 3.69. The molecular formula is C14H23NO4. The van der Waals surface area contributed by atoms with Crippen molar-refractivity contribution in [3.8, 4) is 0 Å². The lowest BCUT2D eigenvalue weighted by Gasteiger charge is -2.28. The van der Waals surface area contributed by atoms with E-state index in [1.54, 1.807) is 0 Å². The summed E-state index contributed by atoms with van der Waals surface area (Å²) in [5.74, 6) is -0.850. The number of rotatable bonds is 4. The summed E-state index contributed by atoms with van der Waals surface area (Å²) in [5, 5.41) is 12.1. The van der Waals surface area contributed by atoms with Gasteiger partial charge in [0.2, 0.25) is 5.91 Å². The van der Waals surface area contributed by atoms with Crippen molar-refractivity contribution >= 4 is 11.9 Å². The number of carboxylic acid groups (broad SMARTS) is 1. The van der Waals surface area contributed by atoms with Gasteiger partial charge in [-0.2, -0.15) is 0 Å². The van der Waals surface area contributed by atoms with E-state index in [9.17, 15) is 9.59 Å². The van der Waals surface area contributed by atoms with E-state index in [1.807, 2.05) is 6.92 Å². The largest absolute Gasteiger partial charge is 0.481 e. The van der Waals surface area contributed by atoms with E-state index in [1.165, 1.54) is 0 Å². The molecule has 0 spiro atoms. The van der Waals surface area contributed by atoms with E-state index in [0.29, 0.717) is 25.4 Å². The lowest BCUT2D eigenvalue weighted by Crippen LogP contribution is -2.43. The van der Waals surface area contributed by atoms with Crippen LogP contribution in [0.4, 0.5) is 0 Å². The quantitative estimate of drug-likeness (QED) is 0.809. The van der Waals surface area contributed by atoms with Crippen LogP contribution >= 0.6 is 0 Å². The van der Waals surface area contributed by atoms with Gasteiger partial charge in [0.05, 0.1) is 12.5 Å². The summed E-state index contributed by atoms with van der Waals surface area (Å²) >= 11 is 0. The Balaban J connectivity index is 1.83. The molecule has 108 valence electrons. The van der Waals surface area contributed by atoms with Crippen LogP contribution in [0.3, 0.4) is 0 Å². The van der Waals surface area contributed by atoms with Gasteiger partial charge in [0, 0.05) is 24.5 Å². The summed E-state index contributed by atoms with van der Waals surface area (Å²) in [6, 6.07) is 0.111. The molecule has 4 atom stereocenters. The van der Waals surface area contributed by atoms with Crippen molar-refractivity contribution in [1.82, 2.24) is 5.32 Å². The molecule has 5 nitrogen and oxygen atoms in total. The first-order valence-electron chi connectivity index (χ1n) is 7.19. The summed E-state index contributed by atoms with van der Waals surface area (Å²) < 4.78 is 5.32. The standard InChI is InChI=1S/C14H23NO4/c1-9(12-5-6-19-8-12)15-13(16)10-3-2-4-11(7-10)14(17)18/h9-12H,2-8H2,1H3,(H,15,16)(H,17,18). The van der Waals surface area contributed by atoms with E-state index < -0.39 is 5.97 Å². The fourth-order valence-corrected chi connectivity index (χ4v) is 3.06. The predicted molar refractivity (Wildman–Crippen MR) is 69.6 cm³/mol. The molecule has 1 saturated heterocycles. The highest BCUT2D eigenvalue weighted by Crippen LogP contribution is 2.29. The molecule has 1 aliphatic carbocycles. The first kappa shape index (κ1) is 14.3. The maximum absolute atomic E-state index is 12.2. The Labute approximate surface area is 113 Å². The molecule has 0 aromatic carbocycles. The number of hydrogen-bond acceptors (Lipinski definition) is 3. The first-order valence-corrected chi connectivity index (χ1v) is 7.19. The Kier molecular flexibility index (Phi) is 4.80. The molecule has 1 saturated carbocycles. The van der Waals surface area contributed by atoms with E-state index in [2.05, 4.69) is 5.32 Å². The molecule has 0 aromatic rings. The molecule has 2 aliphatic rings. The molecule has 1 heterocycles. The number of amides is 1. The minimum absolute atomic E-state index is 0.0188. The molecule has 2 fully saturated rings. The van der Waals surface area contributed by atoms with E-state index in [0.717, 1.165) is 25.9 Å². The van der Waals surface area contributed by atoms with Crippen molar-refractivity contribution in [2.45, 2.75) is 45.1 Å². The Bertz CT molecular complexity index is 338. The van der Waals surface area contributed by atoms with Crippen molar-refractivity contribution in [2.75, 3.05) is 13.2 Å². The van der Waals surface area contributed by atoms with Crippen LogP contribution < -0.4 is 5.32 Å². The molecule has 1 aliphatic heterocycles. The fourth-order valence-electron chi connectivity index (χ4n) is 3.06. The third-order valence-electron chi connectivity index (χ3n) is 4.44. The van der Waals surface area contributed by atoms with Gasteiger partial charge in [0.15, 0.2) is 0 Å². The minimum atomic E-state index is -0.769. The Hall–Kier alpha value is -1.10. The summed E-state index contributed by atoms with van der Waals surface area (Å²) in [4.78, 5) is 23.2. The van der Waals surface area contributed by atoms with Crippen LogP contribution in [-0.2, 0) is 14.3 Å². The normalized spacial score (nSPS) is 32.8. The van der Waals surface area contributed by atoms with Crippen LogP contribution in [-0.4, -0.2) is 36.2 Å². The summed E-state index contributed by atoms with van der Waals surface area (Å²) in [7, 11) is 0. The minimum Gasteiger partial charge on any atom is -0.481 e. The molecule has 1 amide bonds. The maximum Gasteiger partial charge on any atom is 0.306 e. The van der Waals surface area contributed by atoms with Crippen molar-refractivity contribution in [2.24, 2.45) is 17.8 Å². The van der Waals surface area contributed by atoms with Crippen molar-refractivity contribution in [3.63, 3.8) is 0 Å². The zero-order chi connectivity index (χ0) is 13.8. The number of hydrogen-bond donors (Lipinski definition) is 2. The van der Waals surface area contributed by atoms with Gasteiger partial charge in [0.25, 0.3) is 0 Å². The second-order valence-corrected chi connectivity index (χ2v) is 5.82. The van der Waals surface area contributed by atoms with E-state index in [4.69, 9.17) is 9.84 Å². The highest BCUT2D eigenvalue weighted by atomic mass is 16.5. The average molecular weight is 269 g/mol. The zero-order valence-corrected chi connectivity index (χ0v) is 11.4. The second-order valence-electron chi connectivity index (χ2n) is 5.82. The number of aliphatic carboxylic acids is 1. The molecule has 2 rings (SSSR count). The number of carbonyl (C=O) groups excluding carboxylic acids is 1. The Morgan fingerprint density at radius 3 is 2.63 bits per heavy atom. The average Bonchev–Trinajstić information content (AvgIpc) is 2.92. The molecule has 0 bridgehead atoms. The smallest absolute Gasteiger partial charge is 0.306 e. The fraction of sp³-hybridized carbons (Fsp3) is 0.857. The molecule has 4 unspecified atom stereocenters. The highest BCUT2D eigenvalue weighted by molar-refractivity contribution is 5.80. The lowest BCUT2D eigenvalue weighted by atomic mass is 9.81. The van der Waals surface area contributed by atoms with Crippen LogP contribution in [0, 0.1) is 17.8 Å².